The van der Waals surface area contributed by atoms with Crippen molar-refractivity contribution in [1.82, 2.24) is 10.2 Å². The number of hydrogen-bond donors (Lipinski definition) is 2. The average Bonchev–Trinajstić information content (AvgIpc) is 2.47. The molecular weight excluding hydrogens is 254 g/mol. The van der Waals surface area contributed by atoms with Crippen LogP contribution >= 0.6 is 0 Å². The van der Waals surface area contributed by atoms with Crippen LogP contribution in [0.15, 0.2) is 0 Å². The van der Waals surface area contributed by atoms with Crippen LogP contribution < -0.4 is 11.1 Å². The molecule has 0 bridgehead atoms. The van der Waals surface area contributed by atoms with E-state index >= 15 is 0 Å². The lowest BCUT2D eigenvalue weighted by molar-refractivity contribution is -0.126. The molecule has 2 rings (SSSR count). The van der Waals surface area contributed by atoms with Gasteiger partial charge in [0.05, 0.1) is 13.2 Å². The van der Waals surface area contributed by atoms with Crippen molar-refractivity contribution in [3.05, 3.63) is 0 Å². The lowest BCUT2D eigenvalue weighted by atomic mass is 9.78. The molecule has 5 heteroatoms. The molecule has 0 radical (unpaired) electrons. The van der Waals surface area contributed by atoms with Crippen LogP contribution in [0.3, 0.4) is 0 Å². The highest BCUT2D eigenvalue weighted by molar-refractivity contribution is 5.78. The Morgan fingerprint density at radius 2 is 2.15 bits per heavy atom. The van der Waals surface area contributed by atoms with Crippen LogP contribution in [0.4, 0.5) is 0 Å². The summed E-state index contributed by atoms with van der Waals surface area (Å²) in [6.07, 6.45) is 4.42. The van der Waals surface area contributed by atoms with Gasteiger partial charge in [0.25, 0.3) is 0 Å². The van der Waals surface area contributed by atoms with Crippen LogP contribution in [0, 0.1) is 11.8 Å². The molecule has 1 amide bonds. The molecule has 0 aromatic rings. The number of nitrogens with one attached hydrogen (secondary N) is 1. The summed E-state index contributed by atoms with van der Waals surface area (Å²) in [5.41, 5.74) is 6.01. The van der Waals surface area contributed by atoms with E-state index in [1.165, 1.54) is 0 Å². The predicted molar refractivity (Wildman–Crippen MR) is 79.4 cm³/mol. The smallest absolute Gasteiger partial charge is 0.223 e. The molecule has 1 saturated carbocycles. The maximum Gasteiger partial charge on any atom is 0.223 e. The van der Waals surface area contributed by atoms with E-state index in [-0.39, 0.29) is 17.9 Å². The molecule has 3 atom stereocenters. The maximum absolute atomic E-state index is 12.2. The summed E-state index contributed by atoms with van der Waals surface area (Å²) in [5, 5.41) is 3.08. The molecular formula is C15H29N3O2. The number of nitrogens with two attached hydrogens (primary N) is 1. The van der Waals surface area contributed by atoms with E-state index in [2.05, 4.69) is 10.2 Å². The van der Waals surface area contributed by atoms with Crippen molar-refractivity contribution in [2.24, 2.45) is 17.6 Å². The fourth-order valence-corrected chi connectivity index (χ4v) is 3.26. The van der Waals surface area contributed by atoms with Gasteiger partial charge in [-0.15, -0.1) is 0 Å². The van der Waals surface area contributed by atoms with E-state index in [9.17, 15) is 4.79 Å². The Morgan fingerprint density at radius 3 is 2.85 bits per heavy atom. The van der Waals surface area contributed by atoms with Crippen LogP contribution in [-0.2, 0) is 9.53 Å². The van der Waals surface area contributed by atoms with Gasteiger partial charge in [-0.2, -0.15) is 0 Å². The first-order chi connectivity index (χ1) is 9.66. The van der Waals surface area contributed by atoms with Gasteiger partial charge in [0.2, 0.25) is 5.91 Å². The highest BCUT2D eigenvalue weighted by Crippen LogP contribution is 2.29. The molecule has 2 fully saturated rings. The van der Waals surface area contributed by atoms with E-state index in [0.717, 1.165) is 65.1 Å². The Morgan fingerprint density at radius 1 is 1.40 bits per heavy atom. The van der Waals surface area contributed by atoms with E-state index in [4.69, 9.17) is 10.5 Å². The number of nitrogens with zero attached hydrogens (tertiary/aromatic N) is 1. The zero-order valence-corrected chi connectivity index (χ0v) is 12.6. The predicted octanol–water partition coefficient (Wildman–Crippen LogP) is 0.588. The minimum atomic E-state index is 0.0889. The number of ether oxygens (including phenoxy) is 1. The number of hydrogen-bond acceptors (Lipinski definition) is 4. The van der Waals surface area contributed by atoms with E-state index in [0.29, 0.717) is 5.92 Å². The van der Waals surface area contributed by atoms with Gasteiger partial charge >= 0.3 is 0 Å². The summed E-state index contributed by atoms with van der Waals surface area (Å²) >= 11 is 0. The molecule has 1 aliphatic carbocycles. The first-order valence-electron chi connectivity index (χ1n) is 8.00. The zero-order valence-electron chi connectivity index (χ0n) is 12.6. The van der Waals surface area contributed by atoms with Crippen molar-refractivity contribution in [3.63, 3.8) is 0 Å². The summed E-state index contributed by atoms with van der Waals surface area (Å²) in [6, 6.07) is 0.289. The van der Waals surface area contributed by atoms with Gasteiger partial charge in [0.1, 0.15) is 0 Å². The van der Waals surface area contributed by atoms with Gasteiger partial charge in [0.15, 0.2) is 0 Å². The second-order valence-corrected chi connectivity index (χ2v) is 6.22. The van der Waals surface area contributed by atoms with Crippen molar-refractivity contribution in [3.8, 4) is 0 Å². The lowest BCUT2D eigenvalue weighted by Gasteiger charge is -2.31. The molecule has 0 aromatic carbocycles. The Kier molecular flexibility index (Phi) is 6.26. The van der Waals surface area contributed by atoms with Crippen molar-refractivity contribution in [2.75, 3.05) is 39.4 Å². The standard InChI is InChI=1S/C15H29N3O2/c1-12(13-3-2-4-14(16)11-13)15(19)17-5-6-18-7-9-20-10-8-18/h12-14H,2-11,16H2,1H3,(H,17,19). The SMILES string of the molecule is CC(C(=O)NCCN1CCOCC1)C1CCCC(N)C1. The largest absolute Gasteiger partial charge is 0.379 e. The van der Waals surface area contributed by atoms with E-state index in [1.807, 2.05) is 6.92 Å². The van der Waals surface area contributed by atoms with Crippen LogP contribution in [0.2, 0.25) is 0 Å². The molecule has 1 saturated heterocycles. The minimum absolute atomic E-state index is 0.0889. The van der Waals surface area contributed by atoms with Crippen molar-refractivity contribution in [2.45, 2.75) is 38.6 Å². The van der Waals surface area contributed by atoms with E-state index < -0.39 is 0 Å². The number of amides is 1. The molecule has 1 heterocycles. The molecule has 0 spiro atoms. The average molecular weight is 283 g/mol. The van der Waals surface area contributed by atoms with Crippen LogP contribution in [-0.4, -0.2) is 56.2 Å². The first-order valence-corrected chi connectivity index (χ1v) is 8.00. The Hall–Kier alpha value is -0.650. The molecule has 3 unspecified atom stereocenters. The minimum Gasteiger partial charge on any atom is -0.379 e. The van der Waals surface area contributed by atoms with Crippen LogP contribution in [0.1, 0.15) is 32.6 Å². The lowest BCUT2D eigenvalue weighted by Crippen LogP contribution is -2.43. The summed E-state index contributed by atoms with van der Waals surface area (Å²) in [5.74, 6) is 0.741. The number of carbonyl (C=O) groups excluding carboxylic acids is 1. The normalized spacial score (nSPS) is 29.9. The third-order valence-electron chi connectivity index (χ3n) is 4.71. The van der Waals surface area contributed by atoms with Gasteiger partial charge in [-0.1, -0.05) is 13.3 Å². The maximum atomic E-state index is 12.2. The Labute approximate surface area is 122 Å². The second kappa shape index (κ2) is 7.96. The van der Waals surface area contributed by atoms with Crippen LogP contribution in [0.25, 0.3) is 0 Å². The first kappa shape index (κ1) is 15.7. The summed E-state index contributed by atoms with van der Waals surface area (Å²) < 4.78 is 5.31. The molecule has 20 heavy (non-hydrogen) atoms. The zero-order chi connectivity index (χ0) is 14.4. The second-order valence-electron chi connectivity index (χ2n) is 6.22. The molecule has 3 N–H and O–H groups in total. The quantitative estimate of drug-likeness (QED) is 0.775. The van der Waals surface area contributed by atoms with Gasteiger partial charge < -0.3 is 15.8 Å². The van der Waals surface area contributed by atoms with Gasteiger partial charge in [-0.3, -0.25) is 9.69 Å². The monoisotopic (exact) mass is 283 g/mol. The highest BCUT2D eigenvalue weighted by Gasteiger charge is 2.28. The van der Waals surface area contributed by atoms with Crippen molar-refractivity contribution in [1.29, 1.82) is 0 Å². The fourth-order valence-electron chi connectivity index (χ4n) is 3.26. The summed E-state index contributed by atoms with van der Waals surface area (Å²) in [6.45, 7) is 7.28. The fraction of sp³-hybridized carbons (Fsp3) is 0.933. The molecule has 2 aliphatic rings. The number of rotatable bonds is 5. The van der Waals surface area contributed by atoms with Gasteiger partial charge in [-0.05, 0) is 25.2 Å². The molecule has 1 aliphatic heterocycles. The summed E-state index contributed by atoms with van der Waals surface area (Å²) in [4.78, 5) is 14.5. The van der Waals surface area contributed by atoms with Crippen molar-refractivity contribution >= 4 is 5.91 Å². The Bertz CT molecular complexity index is 305. The van der Waals surface area contributed by atoms with Gasteiger partial charge in [-0.25, -0.2) is 0 Å². The molecule has 5 nitrogen and oxygen atoms in total. The Balaban J connectivity index is 1.65. The number of carbonyl (C=O) groups is 1. The third kappa shape index (κ3) is 4.72. The highest BCUT2D eigenvalue weighted by atomic mass is 16.5. The third-order valence-corrected chi connectivity index (χ3v) is 4.71. The van der Waals surface area contributed by atoms with Crippen molar-refractivity contribution < 1.29 is 9.53 Å². The number of morpholine rings is 1. The van der Waals surface area contributed by atoms with Crippen LogP contribution in [0.5, 0.6) is 0 Å². The summed E-state index contributed by atoms with van der Waals surface area (Å²) in [7, 11) is 0. The van der Waals surface area contributed by atoms with E-state index in [1.54, 1.807) is 0 Å². The molecule has 116 valence electrons. The molecule has 0 aromatic heterocycles. The topological polar surface area (TPSA) is 67.6 Å². The van der Waals surface area contributed by atoms with Gasteiger partial charge in [0, 0.05) is 38.1 Å².